The van der Waals surface area contributed by atoms with Gasteiger partial charge in [-0.3, -0.25) is 14.4 Å². The highest BCUT2D eigenvalue weighted by Crippen LogP contribution is 2.36. The second-order valence-corrected chi connectivity index (χ2v) is 9.63. The molecule has 3 heterocycles. The molecule has 1 aliphatic heterocycles. The summed E-state index contributed by atoms with van der Waals surface area (Å²) in [5.74, 6) is 0.202. The van der Waals surface area contributed by atoms with Gasteiger partial charge in [0.1, 0.15) is 5.69 Å². The van der Waals surface area contributed by atoms with E-state index in [1.165, 1.54) is 18.3 Å². The van der Waals surface area contributed by atoms with Gasteiger partial charge in [0.15, 0.2) is 5.01 Å². The van der Waals surface area contributed by atoms with Gasteiger partial charge in [-0.05, 0) is 36.6 Å². The second-order valence-electron chi connectivity index (χ2n) is 8.54. The molecule has 0 unspecified atom stereocenters. The van der Waals surface area contributed by atoms with Crippen molar-refractivity contribution < 1.29 is 14.4 Å². The van der Waals surface area contributed by atoms with Crippen LogP contribution < -0.4 is 10.6 Å². The monoisotopic (exact) mass is 491 g/mol. The van der Waals surface area contributed by atoms with Crippen LogP contribution in [-0.2, 0) is 22.4 Å². The molecular weight excluding hydrogens is 466 g/mol. The summed E-state index contributed by atoms with van der Waals surface area (Å²) < 4.78 is 0. The van der Waals surface area contributed by atoms with Crippen LogP contribution in [0.25, 0.3) is 11.4 Å². The fourth-order valence-electron chi connectivity index (χ4n) is 4.27. The summed E-state index contributed by atoms with van der Waals surface area (Å²) in [6.07, 6.45) is 3.38. The Labute approximate surface area is 206 Å². The molecule has 11 heteroatoms. The Hall–Kier alpha value is -3.86. The summed E-state index contributed by atoms with van der Waals surface area (Å²) in [5, 5.41) is 6.40. The van der Waals surface area contributed by atoms with Gasteiger partial charge in [0.2, 0.25) is 17.8 Å². The van der Waals surface area contributed by atoms with Crippen molar-refractivity contribution >= 4 is 46.4 Å². The smallest absolute Gasteiger partial charge is 0.282 e. The molecule has 1 fully saturated rings. The zero-order chi connectivity index (χ0) is 24.5. The zero-order valence-electron chi connectivity index (χ0n) is 19.5. The number of nitrogens with zero attached hydrogens (tertiary/aromatic N) is 5. The summed E-state index contributed by atoms with van der Waals surface area (Å²) in [5.41, 5.74) is 3.88. The molecule has 1 aliphatic carbocycles. The van der Waals surface area contributed by atoms with Crippen molar-refractivity contribution in [2.75, 3.05) is 36.8 Å². The number of hydrogen-bond donors (Lipinski definition) is 2. The Morgan fingerprint density at radius 3 is 2.43 bits per heavy atom. The molecule has 0 spiro atoms. The third-order valence-corrected chi connectivity index (χ3v) is 7.14. The third kappa shape index (κ3) is 4.85. The molecule has 0 radical (unpaired) electrons. The quantitative estimate of drug-likeness (QED) is 0.576. The number of carbonyl (C=O) groups is 3. The predicted molar refractivity (Wildman–Crippen MR) is 133 cm³/mol. The second kappa shape index (κ2) is 9.41. The first-order valence-electron chi connectivity index (χ1n) is 11.4. The van der Waals surface area contributed by atoms with Gasteiger partial charge in [-0.2, -0.15) is 0 Å². The molecule has 2 N–H and O–H groups in total. The number of thiazole rings is 1. The van der Waals surface area contributed by atoms with Crippen LogP contribution in [0.3, 0.4) is 0 Å². The number of aryl methyl sites for hydroxylation is 2. The average Bonchev–Trinajstić information content (AvgIpc) is 3.28. The summed E-state index contributed by atoms with van der Waals surface area (Å²) >= 11 is 1.42. The number of anilines is 3. The van der Waals surface area contributed by atoms with E-state index in [-0.39, 0.29) is 17.7 Å². The van der Waals surface area contributed by atoms with Gasteiger partial charge < -0.3 is 20.4 Å². The maximum Gasteiger partial charge on any atom is 0.282 e. The Morgan fingerprint density at radius 2 is 1.69 bits per heavy atom. The van der Waals surface area contributed by atoms with Crippen LogP contribution in [0.15, 0.2) is 30.5 Å². The average molecular weight is 492 g/mol. The number of carbonyl (C=O) groups excluding carboxylic acids is 3. The highest BCUT2D eigenvalue weighted by molar-refractivity contribution is 7.14. The normalized spacial score (nSPS) is 14.7. The molecule has 35 heavy (non-hydrogen) atoms. The SMILES string of the molecule is CC(=O)Nc1cccc(Nc2ncc3c(n2)-c2nc(C(=O)N4CCN(C(C)=O)CC4)sc2CC3)c1. The molecule has 0 bridgehead atoms. The lowest BCUT2D eigenvalue weighted by Crippen LogP contribution is -2.50. The summed E-state index contributed by atoms with van der Waals surface area (Å²) in [6.45, 7) is 5.11. The van der Waals surface area contributed by atoms with Gasteiger partial charge in [0, 0.05) is 62.5 Å². The van der Waals surface area contributed by atoms with Crippen LogP contribution in [0, 0.1) is 0 Å². The van der Waals surface area contributed by atoms with E-state index in [9.17, 15) is 14.4 Å². The number of benzene rings is 1. The number of piperazine rings is 1. The minimum Gasteiger partial charge on any atom is -0.339 e. The Kier molecular flexibility index (Phi) is 6.16. The first-order valence-corrected chi connectivity index (χ1v) is 12.2. The van der Waals surface area contributed by atoms with Gasteiger partial charge in [0.05, 0.1) is 5.69 Å². The van der Waals surface area contributed by atoms with Crippen LogP contribution in [-0.4, -0.2) is 68.7 Å². The van der Waals surface area contributed by atoms with Crippen LogP contribution in [0.2, 0.25) is 0 Å². The van der Waals surface area contributed by atoms with Crippen molar-refractivity contribution in [1.82, 2.24) is 24.8 Å². The molecule has 180 valence electrons. The highest BCUT2D eigenvalue weighted by atomic mass is 32.1. The molecule has 0 saturated carbocycles. The van der Waals surface area contributed by atoms with Crippen molar-refractivity contribution in [3.63, 3.8) is 0 Å². The summed E-state index contributed by atoms with van der Waals surface area (Å²) in [7, 11) is 0. The Bertz CT molecular complexity index is 1310. The summed E-state index contributed by atoms with van der Waals surface area (Å²) in [4.78, 5) is 54.5. The minimum atomic E-state index is -0.144. The van der Waals surface area contributed by atoms with Crippen molar-refractivity contribution in [1.29, 1.82) is 0 Å². The largest absolute Gasteiger partial charge is 0.339 e. The van der Waals surface area contributed by atoms with Gasteiger partial charge >= 0.3 is 0 Å². The lowest BCUT2D eigenvalue weighted by molar-refractivity contribution is -0.130. The number of nitrogens with one attached hydrogen (secondary N) is 2. The van der Waals surface area contributed by atoms with Gasteiger partial charge in [0.25, 0.3) is 5.91 Å². The fraction of sp³-hybridized carbons (Fsp3) is 0.333. The van der Waals surface area contributed by atoms with Crippen molar-refractivity contribution in [2.45, 2.75) is 26.7 Å². The van der Waals surface area contributed by atoms with E-state index in [1.54, 1.807) is 35.1 Å². The van der Waals surface area contributed by atoms with Gasteiger partial charge in [-0.25, -0.2) is 15.0 Å². The van der Waals surface area contributed by atoms with E-state index < -0.39 is 0 Å². The van der Waals surface area contributed by atoms with Gasteiger partial charge in [-0.1, -0.05) is 6.07 Å². The standard InChI is InChI=1S/C24H25N7O3S/c1-14(32)26-17-4-3-5-18(12-17)27-24-25-13-16-6-7-19-21(20(16)29-24)28-22(35-19)23(34)31-10-8-30(9-11-31)15(2)33/h3-5,12-13H,6-11H2,1-2H3,(H,26,32)(H,25,27,29). The number of aromatic nitrogens is 3. The molecule has 1 aromatic carbocycles. The zero-order valence-corrected chi connectivity index (χ0v) is 20.3. The van der Waals surface area contributed by atoms with Crippen molar-refractivity contribution in [3.05, 3.63) is 45.9 Å². The van der Waals surface area contributed by atoms with E-state index >= 15 is 0 Å². The van der Waals surface area contributed by atoms with Crippen LogP contribution in [0.5, 0.6) is 0 Å². The molecule has 3 aromatic rings. The molecular formula is C24H25N7O3S. The molecule has 10 nitrogen and oxygen atoms in total. The van der Waals surface area contributed by atoms with Crippen LogP contribution in [0.1, 0.15) is 34.1 Å². The van der Waals surface area contributed by atoms with E-state index in [1.807, 2.05) is 12.1 Å². The maximum atomic E-state index is 13.1. The molecule has 1 saturated heterocycles. The molecule has 0 atom stereocenters. The topological polar surface area (TPSA) is 120 Å². The maximum absolute atomic E-state index is 13.1. The lowest BCUT2D eigenvalue weighted by Gasteiger charge is -2.33. The Morgan fingerprint density at radius 1 is 0.943 bits per heavy atom. The van der Waals surface area contributed by atoms with Crippen molar-refractivity contribution in [3.8, 4) is 11.4 Å². The van der Waals surface area contributed by atoms with Crippen molar-refractivity contribution in [2.24, 2.45) is 0 Å². The van der Waals surface area contributed by atoms with E-state index in [0.29, 0.717) is 42.8 Å². The molecule has 2 aliphatic rings. The molecule has 5 rings (SSSR count). The summed E-state index contributed by atoms with van der Waals surface area (Å²) in [6, 6.07) is 7.31. The molecule has 3 amide bonds. The lowest BCUT2D eigenvalue weighted by atomic mass is 10.00. The van der Waals surface area contributed by atoms with Crippen LogP contribution in [0.4, 0.5) is 17.3 Å². The van der Waals surface area contributed by atoms with E-state index in [4.69, 9.17) is 9.97 Å². The predicted octanol–water partition coefficient (Wildman–Crippen LogP) is 2.71. The van der Waals surface area contributed by atoms with Crippen LogP contribution >= 0.6 is 11.3 Å². The fourth-order valence-corrected chi connectivity index (χ4v) is 5.30. The Balaban J connectivity index is 1.36. The number of fused-ring (bicyclic) bond motifs is 3. The number of amides is 3. The number of hydrogen-bond acceptors (Lipinski definition) is 8. The van der Waals surface area contributed by atoms with E-state index in [2.05, 4.69) is 15.6 Å². The first-order chi connectivity index (χ1) is 16.9. The molecule has 2 aromatic heterocycles. The number of rotatable bonds is 4. The first kappa shape index (κ1) is 22.9. The third-order valence-electron chi connectivity index (χ3n) is 6.04. The van der Waals surface area contributed by atoms with Gasteiger partial charge in [-0.15, -0.1) is 11.3 Å². The highest BCUT2D eigenvalue weighted by Gasteiger charge is 2.29. The minimum absolute atomic E-state index is 0.0318. The van der Waals surface area contributed by atoms with E-state index in [0.717, 1.165) is 40.4 Å².